The van der Waals surface area contributed by atoms with Crippen molar-refractivity contribution in [3.8, 4) is 5.75 Å². The van der Waals surface area contributed by atoms with Crippen LogP contribution in [0.1, 0.15) is 62.6 Å². The Hall–Kier alpha value is -2.61. The molecular formula is C29H34Cl2N2O5. The molecule has 9 heteroatoms. The maximum Gasteiger partial charge on any atom is 0.306 e. The second-order valence-electron chi connectivity index (χ2n) is 10.3. The van der Waals surface area contributed by atoms with Gasteiger partial charge in [0.1, 0.15) is 12.4 Å². The Morgan fingerprint density at radius 3 is 2.32 bits per heavy atom. The van der Waals surface area contributed by atoms with Gasteiger partial charge in [-0.05, 0) is 73.9 Å². The molecule has 0 bridgehead atoms. The lowest BCUT2D eigenvalue weighted by molar-refractivity contribution is -0.143. The summed E-state index contributed by atoms with van der Waals surface area (Å²) in [6.07, 6.45) is 3.76. The summed E-state index contributed by atoms with van der Waals surface area (Å²) in [5, 5.41) is 10.5. The van der Waals surface area contributed by atoms with Crippen molar-refractivity contribution < 1.29 is 24.2 Å². The number of likely N-dealkylation sites (tertiary alicyclic amines) is 1. The molecule has 1 aliphatic carbocycles. The number of imide groups is 1. The molecule has 4 rings (SSSR count). The number of halogens is 2. The number of carbonyl (C=O) groups is 3. The monoisotopic (exact) mass is 560 g/mol. The van der Waals surface area contributed by atoms with E-state index in [4.69, 9.17) is 27.9 Å². The lowest BCUT2D eigenvalue weighted by Gasteiger charge is -2.35. The van der Waals surface area contributed by atoms with Crippen molar-refractivity contribution in [2.45, 2.75) is 58.0 Å². The zero-order chi connectivity index (χ0) is 27.2. The summed E-state index contributed by atoms with van der Waals surface area (Å²) >= 11 is 12.7. The molecular weight excluding hydrogens is 527 g/mol. The molecule has 38 heavy (non-hydrogen) atoms. The lowest BCUT2D eigenvalue weighted by atomic mass is 9.81. The normalized spacial score (nSPS) is 20.7. The average Bonchev–Trinajstić information content (AvgIpc) is 3.22. The maximum atomic E-state index is 11.8. The van der Waals surface area contributed by atoms with Gasteiger partial charge in [-0.1, -0.05) is 41.4 Å². The number of ether oxygens (including phenoxy) is 1. The van der Waals surface area contributed by atoms with Gasteiger partial charge in [-0.15, -0.1) is 0 Å². The van der Waals surface area contributed by atoms with E-state index in [1.54, 1.807) is 0 Å². The summed E-state index contributed by atoms with van der Waals surface area (Å²) in [6, 6.07) is 13.7. The Balaban J connectivity index is 1.42. The predicted octanol–water partition coefficient (Wildman–Crippen LogP) is 5.98. The van der Waals surface area contributed by atoms with E-state index in [9.17, 15) is 19.5 Å². The summed E-state index contributed by atoms with van der Waals surface area (Å²) in [5.41, 5.74) is 2.19. The van der Waals surface area contributed by atoms with E-state index in [1.807, 2.05) is 42.5 Å². The maximum absolute atomic E-state index is 11.8. The molecule has 0 radical (unpaired) electrons. The van der Waals surface area contributed by atoms with E-state index < -0.39 is 5.97 Å². The molecule has 1 heterocycles. The summed E-state index contributed by atoms with van der Waals surface area (Å²) in [6.45, 7) is 4.09. The van der Waals surface area contributed by atoms with E-state index in [0.717, 1.165) is 43.4 Å². The van der Waals surface area contributed by atoms with Crippen LogP contribution in [-0.2, 0) is 20.9 Å². The Labute approximate surface area is 233 Å². The van der Waals surface area contributed by atoms with Gasteiger partial charge < -0.3 is 9.84 Å². The fourth-order valence-corrected chi connectivity index (χ4v) is 5.73. The molecule has 7 nitrogen and oxygen atoms in total. The van der Waals surface area contributed by atoms with Gasteiger partial charge in [-0.3, -0.25) is 24.2 Å². The largest absolute Gasteiger partial charge is 0.490 e. The Bertz CT molecular complexity index is 1130. The minimum Gasteiger partial charge on any atom is -0.490 e. The van der Waals surface area contributed by atoms with Crippen LogP contribution >= 0.6 is 23.2 Å². The van der Waals surface area contributed by atoms with Crippen molar-refractivity contribution in [1.82, 2.24) is 9.80 Å². The quantitative estimate of drug-likeness (QED) is 0.340. The number of hydrogen-bond acceptors (Lipinski definition) is 5. The molecule has 0 aromatic heterocycles. The van der Waals surface area contributed by atoms with Crippen molar-refractivity contribution in [3.05, 3.63) is 63.6 Å². The van der Waals surface area contributed by atoms with E-state index in [-0.39, 0.29) is 49.8 Å². The standard InChI is InChI=1S/C29H34Cl2N2O5/c1-19(22-7-9-24(30)10-8-22)32(17-20-2-5-23(6-3-20)29(36)37)18-21-4-11-26(25(31)16-21)38-15-14-33-27(34)12-13-28(33)35/h4,7-11,16,19-20,23H,2-3,5-6,12-15,17-18H2,1H3,(H,36,37)/t19-,20-,23-/m0/s1. The van der Waals surface area contributed by atoms with E-state index >= 15 is 0 Å². The fraction of sp³-hybridized carbons (Fsp3) is 0.483. The molecule has 2 aromatic rings. The van der Waals surface area contributed by atoms with Crippen molar-refractivity contribution in [2.75, 3.05) is 19.7 Å². The summed E-state index contributed by atoms with van der Waals surface area (Å²) in [4.78, 5) is 38.6. The van der Waals surface area contributed by atoms with Gasteiger partial charge >= 0.3 is 5.97 Å². The zero-order valence-corrected chi connectivity index (χ0v) is 23.1. The minimum absolute atomic E-state index is 0.120. The second-order valence-corrected chi connectivity index (χ2v) is 11.1. The molecule has 0 spiro atoms. The van der Waals surface area contributed by atoms with Crippen LogP contribution < -0.4 is 4.74 Å². The number of nitrogens with zero attached hydrogens (tertiary/aromatic N) is 2. The smallest absolute Gasteiger partial charge is 0.306 e. The topological polar surface area (TPSA) is 87.2 Å². The Morgan fingerprint density at radius 1 is 1.05 bits per heavy atom. The predicted molar refractivity (Wildman–Crippen MR) is 146 cm³/mol. The van der Waals surface area contributed by atoms with Crippen LogP contribution in [0.4, 0.5) is 0 Å². The van der Waals surface area contributed by atoms with Gasteiger partial charge in [-0.25, -0.2) is 0 Å². The molecule has 1 saturated heterocycles. The Morgan fingerprint density at radius 2 is 1.71 bits per heavy atom. The molecule has 0 unspecified atom stereocenters. The fourth-order valence-electron chi connectivity index (χ4n) is 5.35. The van der Waals surface area contributed by atoms with Crippen LogP contribution in [0, 0.1) is 11.8 Å². The molecule has 2 aliphatic rings. The first kappa shape index (κ1) is 28.4. The molecule has 2 amide bonds. The van der Waals surface area contributed by atoms with E-state index in [0.29, 0.717) is 28.3 Å². The number of aliphatic carboxylic acids is 1. The number of carbonyl (C=O) groups excluding carboxylic acids is 2. The van der Waals surface area contributed by atoms with E-state index in [2.05, 4.69) is 11.8 Å². The van der Waals surface area contributed by atoms with Gasteiger partial charge in [0, 0.05) is 37.0 Å². The highest BCUT2D eigenvalue weighted by atomic mass is 35.5. The van der Waals surface area contributed by atoms with Crippen molar-refractivity contribution in [1.29, 1.82) is 0 Å². The minimum atomic E-state index is -0.689. The van der Waals surface area contributed by atoms with Crippen molar-refractivity contribution in [2.24, 2.45) is 11.8 Å². The molecule has 1 N–H and O–H groups in total. The number of carboxylic acid groups (broad SMARTS) is 1. The van der Waals surface area contributed by atoms with E-state index in [1.165, 1.54) is 4.90 Å². The molecule has 1 atom stereocenters. The lowest BCUT2D eigenvalue weighted by Crippen LogP contribution is -2.34. The van der Waals surface area contributed by atoms with Crippen LogP contribution in [0.25, 0.3) is 0 Å². The van der Waals surface area contributed by atoms with Crippen LogP contribution in [0.2, 0.25) is 10.0 Å². The summed E-state index contributed by atoms with van der Waals surface area (Å²) in [7, 11) is 0. The number of benzene rings is 2. The molecule has 1 saturated carbocycles. The van der Waals surface area contributed by atoms with Crippen LogP contribution in [0.5, 0.6) is 5.75 Å². The van der Waals surface area contributed by atoms with Crippen molar-refractivity contribution in [3.63, 3.8) is 0 Å². The first-order chi connectivity index (χ1) is 18.2. The highest BCUT2D eigenvalue weighted by Crippen LogP contribution is 2.34. The highest BCUT2D eigenvalue weighted by Gasteiger charge is 2.29. The van der Waals surface area contributed by atoms with Gasteiger partial charge in [0.05, 0.1) is 17.5 Å². The SMILES string of the molecule is C[C@@H](c1ccc(Cl)cc1)N(Cc1ccc(OCCN2C(=O)CCC2=O)c(Cl)c1)C[C@H]1CC[C@H](C(=O)O)CC1. The highest BCUT2D eigenvalue weighted by molar-refractivity contribution is 6.32. The first-order valence-electron chi connectivity index (χ1n) is 13.2. The molecule has 2 aromatic carbocycles. The number of rotatable bonds is 11. The second kappa shape index (κ2) is 13.0. The van der Waals surface area contributed by atoms with Gasteiger partial charge in [-0.2, -0.15) is 0 Å². The molecule has 2 fully saturated rings. The summed E-state index contributed by atoms with van der Waals surface area (Å²) in [5.74, 6) is -0.308. The third kappa shape index (κ3) is 7.28. The molecule has 204 valence electrons. The first-order valence-corrected chi connectivity index (χ1v) is 13.9. The molecule has 1 aliphatic heterocycles. The van der Waals surface area contributed by atoms with Gasteiger partial charge in [0.25, 0.3) is 0 Å². The summed E-state index contributed by atoms with van der Waals surface area (Å²) < 4.78 is 5.78. The third-order valence-electron chi connectivity index (χ3n) is 7.70. The third-order valence-corrected chi connectivity index (χ3v) is 8.25. The number of carboxylic acids is 1. The van der Waals surface area contributed by atoms with Crippen molar-refractivity contribution >= 4 is 41.0 Å². The number of hydrogen-bond donors (Lipinski definition) is 1. The van der Waals surface area contributed by atoms with Crippen LogP contribution in [0.15, 0.2) is 42.5 Å². The van der Waals surface area contributed by atoms with Gasteiger partial charge in [0.2, 0.25) is 11.8 Å². The zero-order valence-electron chi connectivity index (χ0n) is 21.6. The number of amides is 2. The van der Waals surface area contributed by atoms with Crippen LogP contribution in [-0.4, -0.2) is 52.4 Å². The van der Waals surface area contributed by atoms with Gasteiger partial charge in [0.15, 0.2) is 0 Å². The Kier molecular flexibility index (Phi) is 9.69. The average molecular weight is 562 g/mol. The van der Waals surface area contributed by atoms with Crippen LogP contribution in [0.3, 0.4) is 0 Å².